The summed E-state index contributed by atoms with van der Waals surface area (Å²) < 4.78 is 0. The molecule has 0 aliphatic heterocycles. The molecule has 0 saturated heterocycles. The molecule has 2 atom stereocenters. The Morgan fingerprint density at radius 3 is 1.57 bits per heavy atom. The lowest BCUT2D eigenvalue weighted by atomic mass is 10.0. The van der Waals surface area contributed by atoms with E-state index in [4.69, 9.17) is 0 Å². The van der Waals surface area contributed by atoms with Gasteiger partial charge in [0.2, 0.25) is 0 Å². The highest BCUT2D eigenvalue weighted by atomic mass is 14.4. The van der Waals surface area contributed by atoms with Gasteiger partial charge in [-0.3, -0.25) is 0 Å². The minimum atomic E-state index is 0.706. The molecule has 0 amide bonds. The Labute approximate surface area is 126 Å². The summed E-state index contributed by atoms with van der Waals surface area (Å²) in [5, 5.41) is 0. The fourth-order valence-corrected chi connectivity index (χ4v) is 3.19. The first-order valence-corrected chi connectivity index (χ1v) is 7.62. The van der Waals surface area contributed by atoms with Crippen molar-refractivity contribution in [1.82, 2.24) is 0 Å². The number of hydrogen-bond donors (Lipinski definition) is 0. The largest absolute Gasteiger partial charge is 0.0622 e. The zero-order valence-electron chi connectivity index (χ0n) is 11.9. The van der Waals surface area contributed by atoms with Crippen LogP contribution in [0.25, 0.3) is 11.1 Å². The van der Waals surface area contributed by atoms with E-state index in [2.05, 4.69) is 84.9 Å². The molecule has 0 bridgehead atoms. The molecule has 1 aliphatic rings. The smallest absolute Gasteiger partial charge is 0.00868 e. The summed E-state index contributed by atoms with van der Waals surface area (Å²) >= 11 is 0. The predicted molar refractivity (Wildman–Crippen MR) is 88.4 cm³/mol. The third-order valence-corrected chi connectivity index (χ3v) is 4.46. The van der Waals surface area contributed by atoms with Crippen LogP contribution in [0, 0.1) is 0 Å². The van der Waals surface area contributed by atoms with Crippen LogP contribution >= 0.6 is 0 Å². The van der Waals surface area contributed by atoms with Crippen LogP contribution in [-0.2, 0) is 0 Å². The Bertz CT molecular complexity index is 711. The minimum absolute atomic E-state index is 0.706. The van der Waals surface area contributed by atoms with Crippen LogP contribution in [0.2, 0.25) is 0 Å². The van der Waals surface area contributed by atoms with Gasteiger partial charge < -0.3 is 0 Å². The maximum absolute atomic E-state index is 2.30. The van der Waals surface area contributed by atoms with E-state index in [-0.39, 0.29) is 0 Å². The fraction of sp³-hybridized carbons (Fsp3) is 0.143. The molecule has 3 aromatic rings. The van der Waals surface area contributed by atoms with Gasteiger partial charge in [0.25, 0.3) is 0 Å². The van der Waals surface area contributed by atoms with Gasteiger partial charge in [-0.05, 0) is 40.5 Å². The van der Waals surface area contributed by atoms with E-state index in [1.54, 1.807) is 0 Å². The number of hydrogen-bond acceptors (Lipinski definition) is 0. The molecule has 0 heteroatoms. The molecule has 1 saturated carbocycles. The first kappa shape index (κ1) is 12.4. The quantitative estimate of drug-likeness (QED) is 0.579. The van der Waals surface area contributed by atoms with E-state index in [0.29, 0.717) is 11.8 Å². The van der Waals surface area contributed by atoms with Gasteiger partial charge in [0.15, 0.2) is 0 Å². The molecule has 0 unspecified atom stereocenters. The average molecular weight is 270 g/mol. The van der Waals surface area contributed by atoms with E-state index < -0.39 is 0 Å². The van der Waals surface area contributed by atoms with Crippen LogP contribution in [0.3, 0.4) is 0 Å². The van der Waals surface area contributed by atoms with Crippen LogP contribution in [0.15, 0.2) is 84.9 Å². The van der Waals surface area contributed by atoms with E-state index in [1.165, 1.54) is 28.7 Å². The highest BCUT2D eigenvalue weighted by molar-refractivity contribution is 5.63. The molecule has 3 aromatic carbocycles. The zero-order valence-corrected chi connectivity index (χ0v) is 11.9. The lowest BCUT2D eigenvalue weighted by Gasteiger charge is -2.05. The summed E-state index contributed by atoms with van der Waals surface area (Å²) in [5.74, 6) is 1.42. The molecule has 102 valence electrons. The maximum atomic E-state index is 2.30. The molecule has 0 heterocycles. The van der Waals surface area contributed by atoms with Crippen LogP contribution in [0.1, 0.15) is 29.4 Å². The normalized spacial score (nSPS) is 20.2. The fourth-order valence-electron chi connectivity index (χ4n) is 3.19. The second kappa shape index (κ2) is 5.21. The van der Waals surface area contributed by atoms with Gasteiger partial charge in [-0.1, -0.05) is 84.9 Å². The van der Waals surface area contributed by atoms with Crippen LogP contribution < -0.4 is 0 Å². The molecule has 21 heavy (non-hydrogen) atoms. The molecule has 1 aliphatic carbocycles. The summed E-state index contributed by atoms with van der Waals surface area (Å²) in [6.07, 6.45) is 1.29. The molecule has 4 rings (SSSR count). The van der Waals surface area contributed by atoms with E-state index in [1.807, 2.05) is 0 Å². The standard InChI is InChI=1S/C21H18/c1-3-7-16(8-4-1)17-11-13-19(14-12-17)21-15-20(21)18-9-5-2-6-10-18/h1-14,20-21H,15H2/t20-,21+/m1/s1. The highest BCUT2D eigenvalue weighted by Gasteiger charge is 2.39. The van der Waals surface area contributed by atoms with E-state index in [0.717, 1.165) is 0 Å². The van der Waals surface area contributed by atoms with Gasteiger partial charge in [-0.2, -0.15) is 0 Å². The van der Waals surface area contributed by atoms with Crippen molar-refractivity contribution in [3.8, 4) is 11.1 Å². The van der Waals surface area contributed by atoms with Crippen molar-refractivity contribution in [3.05, 3.63) is 96.1 Å². The van der Waals surface area contributed by atoms with Crippen molar-refractivity contribution in [2.75, 3.05) is 0 Å². The van der Waals surface area contributed by atoms with Gasteiger partial charge in [0.05, 0.1) is 0 Å². The Morgan fingerprint density at radius 1 is 0.476 bits per heavy atom. The Balaban J connectivity index is 1.54. The third-order valence-electron chi connectivity index (χ3n) is 4.46. The Hall–Kier alpha value is -2.34. The molecule has 0 nitrogen and oxygen atoms in total. The lowest BCUT2D eigenvalue weighted by Crippen LogP contribution is -1.85. The van der Waals surface area contributed by atoms with Gasteiger partial charge in [-0.25, -0.2) is 0 Å². The summed E-state index contributed by atoms with van der Waals surface area (Å²) in [6, 6.07) is 30.6. The SMILES string of the molecule is c1ccc(-c2ccc([C@@H]3C[C@@H]3c3ccccc3)cc2)cc1. The zero-order chi connectivity index (χ0) is 14.1. The number of rotatable bonds is 3. The predicted octanol–water partition coefficient (Wildman–Crippen LogP) is 5.62. The Morgan fingerprint density at radius 2 is 0.952 bits per heavy atom. The number of benzene rings is 3. The first-order valence-electron chi connectivity index (χ1n) is 7.62. The average Bonchev–Trinajstić information content (AvgIpc) is 3.37. The summed E-state index contributed by atoms with van der Waals surface area (Å²) in [4.78, 5) is 0. The Kier molecular flexibility index (Phi) is 3.08. The second-order valence-electron chi connectivity index (χ2n) is 5.85. The van der Waals surface area contributed by atoms with Gasteiger partial charge in [-0.15, -0.1) is 0 Å². The van der Waals surface area contributed by atoms with Crippen LogP contribution in [-0.4, -0.2) is 0 Å². The van der Waals surface area contributed by atoms with Gasteiger partial charge in [0, 0.05) is 0 Å². The summed E-state index contributed by atoms with van der Waals surface area (Å²) in [7, 11) is 0. The molecule has 0 N–H and O–H groups in total. The van der Waals surface area contributed by atoms with Crippen molar-refractivity contribution in [2.45, 2.75) is 18.3 Å². The van der Waals surface area contributed by atoms with Crippen LogP contribution in [0.4, 0.5) is 0 Å². The molecule has 1 fully saturated rings. The lowest BCUT2D eigenvalue weighted by molar-refractivity contribution is 1.03. The molecule has 0 aromatic heterocycles. The summed E-state index contributed by atoms with van der Waals surface area (Å²) in [5.41, 5.74) is 5.55. The monoisotopic (exact) mass is 270 g/mol. The molecular weight excluding hydrogens is 252 g/mol. The molecule has 0 spiro atoms. The minimum Gasteiger partial charge on any atom is -0.0622 e. The van der Waals surface area contributed by atoms with Gasteiger partial charge in [0.1, 0.15) is 0 Å². The van der Waals surface area contributed by atoms with E-state index >= 15 is 0 Å². The molecule has 0 radical (unpaired) electrons. The second-order valence-corrected chi connectivity index (χ2v) is 5.85. The van der Waals surface area contributed by atoms with Crippen LogP contribution in [0.5, 0.6) is 0 Å². The van der Waals surface area contributed by atoms with E-state index in [9.17, 15) is 0 Å². The van der Waals surface area contributed by atoms with Crippen molar-refractivity contribution in [1.29, 1.82) is 0 Å². The maximum Gasteiger partial charge on any atom is -0.00868 e. The van der Waals surface area contributed by atoms with Crippen molar-refractivity contribution in [3.63, 3.8) is 0 Å². The summed E-state index contributed by atoms with van der Waals surface area (Å²) in [6.45, 7) is 0. The van der Waals surface area contributed by atoms with Crippen molar-refractivity contribution >= 4 is 0 Å². The van der Waals surface area contributed by atoms with Gasteiger partial charge >= 0.3 is 0 Å². The van der Waals surface area contributed by atoms with Crippen molar-refractivity contribution < 1.29 is 0 Å². The van der Waals surface area contributed by atoms with Crippen molar-refractivity contribution in [2.24, 2.45) is 0 Å². The third kappa shape index (κ3) is 2.50. The molecular formula is C21H18. The topological polar surface area (TPSA) is 0 Å². The first-order chi connectivity index (χ1) is 10.4. The highest BCUT2D eigenvalue weighted by Crippen LogP contribution is 2.54.